The highest BCUT2D eigenvalue weighted by Crippen LogP contribution is 2.36. The zero-order valence-corrected chi connectivity index (χ0v) is 17.5. The summed E-state index contributed by atoms with van der Waals surface area (Å²) in [4.78, 5) is 27.1. The van der Waals surface area contributed by atoms with Gasteiger partial charge in [-0.05, 0) is 73.5 Å². The summed E-state index contributed by atoms with van der Waals surface area (Å²) in [6.45, 7) is 6.26. The molecule has 0 spiro atoms. The summed E-state index contributed by atoms with van der Waals surface area (Å²) in [6.07, 6.45) is 2.78. The number of para-hydroxylation sites is 2. The number of imide groups is 1. The Balaban J connectivity index is 1.73. The van der Waals surface area contributed by atoms with Gasteiger partial charge < -0.3 is 4.57 Å². The number of carbonyl (C=O) groups is 2. The maximum Gasteiger partial charge on any atom is 0.298 e. The van der Waals surface area contributed by atoms with E-state index >= 15 is 0 Å². The third kappa shape index (κ3) is 3.42. The van der Waals surface area contributed by atoms with E-state index in [9.17, 15) is 9.59 Å². The van der Waals surface area contributed by atoms with Gasteiger partial charge >= 0.3 is 0 Å². The van der Waals surface area contributed by atoms with Crippen LogP contribution in [0.3, 0.4) is 0 Å². The van der Waals surface area contributed by atoms with E-state index in [0.29, 0.717) is 10.6 Å². The lowest BCUT2D eigenvalue weighted by molar-refractivity contribution is -0.113. The van der Waals surface area contributed by atoms with E-state index in [2.05, 4.69) is 42.7 Å². The number of aryl methyl sites for hydroxylation is 2. The van der Waals surface area contributed by atoms with Crippen molar-refractivity contribution in [3.63, 3.8) is 0 Å². The summed E-state index contributed by atoms with van der Waals surface area (Å²) in [5, 5.41) is -0.266. The van der Waals surface area contributed by atoms with E-state index in [1.54, 1.807) is 12.1 Å². The molecule has 3 aromatic rings. The maximum absolute atomic E-state index is 12.9. The number of rotatable bonds is 4. The predicted molar refractivity (Wildman–Crippen MR) is 120 cm³/mol. The second kappa shape index (κ2) is 7.76. The zero-order valence-electron chi connectivity index (χ0n) is 16.7. The largest absolute Gasteiger partial charge is 0.318 e. The van der Waals surface area contributed by atoms with Crippen molar-refractivity contribution in [2.45, 2.75) is 27.2 Å². The molecule has 0 saturated carbocycles. The Morgan fingerprint density at radius 3 is 2.38 bits per heavy atom. The predicted octanol–water partition coefficient (Wildman–Crippen LogP) is 5.90. The van der Waals surface area contributed by atoms with Crippen LogP contribution in [0.1, 0.15) is 29.4 Å². The number of amides is 2. The fourth-order valence-corrected chi connectivity index (χ4v) is 4.57. The molecule has 0 N–H and O–H groups in total. The molecule has 146 valence electrons. The van der Waals surface area contributed by atoms with Crippen LogP contribution in [-0.2, 0) is 11.2 Å². The quantitative estimate of drug-likeness (QED) is 0.511. The van der Waals surface area contributed by atoms with Crippen LogP contribution in [-0.4, -0.2) is 15.7 Å². The Kier molecular flexibility index (Phi) is 5.16. The Labute approximate surface area is 174 Å². The van der Waals surface area contributed by atoms with Crippen molar-refractivity contribution in [2.24, 2.45) is 0 Å². The number of benzene rings is 2. The SMILES string of the molecule is CCc1ccccc1-n1c(C)cc(C=C2SC(=O)N(c3ccccc3)C2=O)c1C. The summed E-state index contributed by atoms with van der Waals surface area (Å²) in [7, 11) is 0. The van der Waals surface area contributed by atoms with Crippen LogP contribution in [0.25, 0.3) is 11.8 Å². The van der Waals surface area contributed by atoms with Crippen molar-refractivity contribution in [2.75, 3.05) is 4.90 Å². The van der Waals surface area contributed by atoms with Gasteiger partial charge in [-0.2, -0.15) is 0 Å². The van der Waals surface area contributed by atoms with E-state index in [0.717, 1.165) is 40.8 Å². The van der Waals surface area contributed by atoms with Crippen molar-refractivity contribution in [1.29, 1.82) is 0 Å². The Bertz CT molecular complexity index is 1130. The van der Waals surface area contributed by atoms with Gasteiger partial charge in [0.25, 0.3) is 11.1 Å². The van der Waals surface area contributed by atoms with Crippen LogP contribution < -0.4 is 4.90 Å². The molecule has 2 aromatic carbocycles. The lowest BCUT2D eigenvalue weighted by Crippen LogP contribution is -2.27. The average molecular weight is 403 g/mol. The fourth-order valence-electron chi connectivity index (χ4n) is 3.74. The Hall–Kier alpha value is -3.05. The molecular weight excluding hydrogens is 380 g/mol. The van der Waals surface area contributed by atoms with Crippen molar-refractivity contribution >= 4 is 34.7 Å². The normalized spacial score (nSPS) is 15.6. The van der Waals surface area contributed by atoms with Gasteiger partial charge in [0.2, 0.25) is 0 Å². The molecule has 2 heterocycles. The molecule has 1 fully saturated rings. The molecule has 4 nitrogen and oxygen atoms in total. The van der Waals surface area contributed by atoms with Gasteiger partial charge in [-0.25, -0.2) is 4.90 Å². The number of hydrogen-bond donors (Lipinski definition) is 0. The first kappa shape index (κ1) is 19.3. The van der Waals surface area contributed by atoms with Crippen molar-refractivity contribution in [3.8, 4) is 5.69 Å². The fraction of sp³-hybridized carbons (Fsp3) is 0.167. The molecule has 0 atom stereocenters. The lowest BCUT2D eigenvalue weighted by atomic mass is 10.1. The average Bonchev–Trinajstić information content (AvgIpc) is 3.17. The second-order valence-electron chi connectivity index (χ2n) is 7.00. The summed E-state index contributed by atoms with van der Waals surface area (Å²) >= 11 is 0.988. The third-order valence-corrected chi connectivity index (χ3v) is 6.05. The highest BCUT2D eigenvalue weighted by atomic mass is 32.2. The first-order valence-corrected chi connectivity index (χ1v) is 10.4. The van der Waals surface area contributed by atoms with Crippen LogP contribution in [0.15, 0.2) is 65.6 Å². The van der Waals surface area contributed by atoms with Crippen LogP contribution in [0.4, 0.5) is 10.5 Å². The van der Waals surface area contributed by atoms with E-state index < -0.39 is 0 Å². The number of hydrogen-bond acceptors (Lipinski definition) is 3. The molecule has 0 unspecified atom stereocenters. The molecule has 5 heteroatoms. The molecule has 0 radical (unpaired) electrons. The number of aromatic nitrogens is 1. The second-order valence-corrected chi connectivity index (χ2v) is 7.99. The van der Waals surface area contributed by atoms with Crippen LogP contribution in [0.5, 0.6) is 0 Å². The number of thioether (sulfide) groups is 1. The van der Waals surface area contributed by atoms with Gasteiger partial charge in [-0.15, -0.1) is 0 Å². The molecule has 29 heavy (non-hydrogen) atoms. The zero-order chi connectivity index (χ0) is 20.5. The van der Waals surface area contributed by atoms with Crippen LogP contribution >= 0.6 is 11.8 Å². The summed E-state index contributed by atoms with van der Waals surface area (Å²) < 4.78 is 2.21. The molecule has 1 aliphatic rings. The Morgan fingerprint density at radius 2 is 1.66 bits per heavy atom. The monoisotopic (exact) mass is 402 g/mol. The number of nitrogens with zero attached hydrogens (tertiary/aromatic N) is 2. The summed E-state index contributed by atoms with van der Waals surface area (Å²) in [6, 6.07) is 19.5. The highest BCUT2D eigenvalue weighted by molar-refractivity contribution is 8.19. The number of anilines is 1. The van der Waals surface area contributed by atoms with Gasteiger partial charge in [0.1, 0.15) is 0 Å². The molecule has 2 amide bonds. The van der Waals surface area contributed by atoms with Crippen molar-refractivity contribution in [1.82, 2.24) is 4.57 Å². The smallest absolute Gasteiger partial charge is 0.298 e. The van der Waals surface area contributed by atoms with Gasteiger partial charge in [0.05, 0.1) is 10.6 Å². The lowest BCUT2D eigenvalue weighted by Gasteiger charge is -2.14. The standard InChI is InChI=1S/C24H22N2O2S/c1-4-18-10-8-9-13-21(18)25-16(2)14-19(17(25)3)15-22-23(27)26(24(28)29-22)20-11-6-5-7-12-20/h5-15H,4H2,1-3H3. The molecular formula is C24H22N2O2S. The summed E-state index contributed by atoms with van der Waals surface area (Å²) in [5.41, 5.74) is 6.12. The van der Waals surface area contributed by atoms with Gasteiger partial charge in [-0.1, -0.05) is 43.3 Å². The van der Waals surface area contributed by atoms with Gasteiger partial charge in [-0.3, -0.25) is 9.59 Å². The Morgan fingerprint density at radius 1 is 0.966 bits per heavy atom. The maximum atomic E-state index is 12.9. The molecule has 0 bridgehead atoms. The number of carbonyl (C=O) groups excluding carboxylic acids is 2. The molecule has 4 rings (SSSR count). The topological polar surface area (TPSA) is 42.3 Å². The van der Waals surface area contributed by atoms with Crippen LogP contribution in [0, 0.1) is 13.8 Å². The third-order valence-electron chi connectivity index (χ3n) is 5.18. The summed E-state index contributed by atoms with van der Waals surface area (Å²) in [5.74, 6) is -0.273. The van der Waals surface area contributed by atoms with E-state index in [1.807, 2.05) is 37.3 Å². The molecule has 1 aromatic heterocycles. The van der Waals surface area contributed by atoms with Crippen molar-refractivity contribution < 1.29 is 9.59 Å². The van der Waals surface area contributed by atoms with E-state index in [-0.39, 0.29) is 11.1 Å². The highest BCUT2D eigenvalue weighted by Gasteiger charge is 2.36. The van der Waals surface area contributed by atoms with E-state index in [4.69, 9.17) is 0 Å². The minimum absolute atomic E-state index is 0.266. The minimum Gasteiger partial charge on any atom is -0.318 e. The van der Waals surface area contributed by atoms with Gasteiger partial charge in [0.15, 0.2) is 0 Å². The molecule has 1 aliphatic heterocycles. The van der Waals surface area contributed by atoms with E-state index in [1.165, 1.54) is 10.5 Å². The van der Waals surface area contributed by atoms with Gasteiger partial charge in [0, 0.05) is 17.1 Å². The first-order valence-electron chi connectivity index (χ1n) is 9.61. The molecule has 1 saturated heterocycles. The van der Waals surface area contributed by atoms with Crippen LogP contribution in [0.2, 0.25) is 0 Å². The molecule has 0 aliphatic carbocycles. The minimum atomic E-state index is -0.273. The van der Waals surface area contributed by atoms with Crippen molar-refractivity contribution in [3.05, 3.63) is 88.1 Å². The first-order chi connectivity index (χ1) is 14.0.